The lowest BCUT2D eigenvalue weighted by Gasteiger charge is -2.15. The molecule has 3 nitrogen and oxygen atoms in total. The quantitative estimate of drug-likeness (QED) is 0.905. The summed E-state index contributed by atoms with van der Waals surface area (Å²) in [5.41, 5.74) is 0. The van der Waals surface area contributed by atoms with Crippen molar-refractivity contribution in [1.29, 1.82) is 0 Å². The van der Waals surface area contributed by atoms with Crippen molar-refractivity contribution in [2.75, 3.05) is 0 Å². The zero-order valence-electron chi connectivity index (χ0n) is 9.70. The van der Waals surface area contributed by atoms with Gasteiger partial charge >= 0.3 is 0 Å². The second kappa shape index (κ2) is 5.93. The van der Waals surface area contributed by atoms with E-state index in [1.54, 1.807) is 0 Å². The number of halogens is 2. The molecule has 0 heterocycles. The van der Waals surface area contributed by atoms with E-state index >= 15 is 0 Å². The highest BCUT2D eigenvalue weighted by Crippen LogP contribution is 2.19. The number of nitrogens with one attached hydrogen (secondary N) is 1. The Morgan fingerprint density at radius 3 is 2.41 bits per heavy atom. The van der Waals surface area contributed by atoms with Crippen molar-refractivity contribution in [3.8, 4) is 0 Å². The Bertz CT molecular complexity index is 486. The molecule has 0 saturated carbocycles. The predicted molar refractivity (Wildman–Crippen MR) is 68.8 cm³/mol. The summed E-state index contributed by atoms with van der Waals surface area (Å²) in [6.07, 6.45) is 1.41. The molecule has 6 heteroatoms. The second-order valence-corrected chi connectivity index (χ2v) is 6.28. The summed E-state index contributed by atoms with van der Waals surface area (Å²) >= 11 is 2.98. The van der Waals surface area contributed by atoms with Crippen LogP contribution >= 0.6 is 15.9 Å². The van der Waals surface area contributed by atoms with Crippen LogP contribution in [0, 0.1) is 5.82 Å². The lowest BCUT2D eigenvalue weighted by molar-refractivity contribution is 0.529. The van der Waals surface area contributed by atoms with Gasteiger partial charge in [-0.1, -0.05) is 13.8 Å². The number of sulfonamides is 1. The largest absolute Gasteiger partial charge is 0.240 e. The normalized spacial score (nSPS) is 12.1. The predicted octanol–water partition coefficient (Wildman–Crippen LogP) is 3.06. The Kier molecular flexibility index (Phi) is 5.09. The average molecular weight is 324 g/mol. The van der Waals surface area contributed by atoms with Gasteiger partial charge in [-0.2, -0.15) is 0 Å². The molecular weight excluding hydrogens is 309 g/mol. The maximum Gasteiger partial charge on any atom is 0.240 e. The van der Waals surface area contributed by atoms with Gasteiger partial charge in [0.1, 0.15) is 5.82 Å². The fourth-order valence-corrected chi connectivity index (χ4v) is 3.05. The first-order valence-corrected chi connectivity index (χ1v) is 7.65. The molecule has 17 heavy (non-hydrogen) atoms. The molecule has 0 atom stereocenters. The first-order chi connectivity index (χ1) is 7.90. The molecule has 96 valence electrons. The summed E-state index contributed by atoms with van der Waals surface area (Å²) in [4.78, 5) is -0.0508. The number of rotatable bonds is 5. The molecule has 0 aromatic heterocycles. The highest BCUT2D eigenvalue weighted by molar-refractivity contribution is 9.10. The zero-order chi connectivity index (χ0) is 13.1. The molecule has 1 rings (SSSR count). The molecule has 1 aromatic carbocycles. The van der Waals surface area contributed by atoms with Gasteiger partial charge in [-0.3, -0.25) is 0 Å². The number of hydrogen-bond donors (Lipinski definition) is 1. The SMILES string of the molecule is CCC(CC)NS(=O)(=O)c1ccc(Br)c(F)c1. The molecule has 0 radical (unpaired) electrons. The lowest BCUT2D eigenvalue weighted by Crippen LogP contribution is -2.33. The standard InChI is InChI=1S/C11H15BrFNO2S/c1-3-8(4-2)14-17(15,16)9-5-6-10(12)11(13)7-9/h5-8,14H,3-4H2,1-2H3. The summed E-state index contributed by atoms with van der Waals surface area (Å²) in [5, 5.41) is 0. The summed E-state index contributed by atoms with van der Waals surface area (Å²) in [6.45, 7) is 3.80. The molecule has 0 saturated heterocycles. The Morgan fingerprint density at radius 2 is 1.94 bits per heavy atom. The first kappa shape index (κ1) is 14.6. The topological polar surface area (TPSA) is 46.2 Å². The highest BCUT2D eigenvalue weighted by atomic mass is 79.9. The molecule has 0 amide bonds. The highest BCUT2D eigenvalue weighted by Gasteiger charge is 2.19. The maximum atomic E-state index is 13.3. The Hall–Kier alpha value is -0.460. The third kappa shape index (κ3) is 3.76. The van der Waals surface area contributed by atoms with Crippen LogP contribution in [-0.2, 0) is 10.0 Å². The van der Waals surface area contributed by atoms with Crippen molar-refractivity contribution in [2.24, 2.45) is 0 Å². The van der Waals surface area contributed by atoms with Crippen LogP contribution in [-0.4, -0.2) is 14.5 Å². The summed E-state index contributed by atoms with van der Waals surface area (Å²) in [5.74, 6) is -0.586. The molecule has 0 unspecified atom stereocenters. The van der Waals surface area contributed by atoms with Crippen LogP contribution in [0.25, 0.3) is 0 Å². The van der Waals surface area contributed by atoms with Gasteiger partial charge in [-0.25, -0.2) is 17.5 Å². The Morgan fingerprint density at radius 1 is 1.35 bits per heavy atom. The van der Waals surface area contributed by atoms with E-state index in [-0.39, 0.29) is 15.4 Å². The van der Waals surface area contributed by atoms with Gasteiger partial charge < -0.3 is 0 Å². The van der Waals surface area contributed by atoms with Crippen LogP contribution in [0.1, 0.15) is 26.7 Å². The summed E-state index contributed by atoms with van der Waals surface area (Å²) in [7, 11) is -3.63. The van der Waals surface area contributed by atoms with Crippen LogP contribution in [0.4, 0.5) is 4.39 Å². The molecule has 0 aliphatic rings. The monoisotopic (exact) mass is 323 g/mol. The lowest BCUT2D eigenvalue weighted by atomic mass is 10.2. The van der Waals surface area contributed by atoms with Crippen LogP contribution in [0.5, 0.6) is 0 Å². The van der Waals surface area contributed by atoms with Crippen LogP contribution in [0.3, 0.4) is 0 Å². The molecule has 0 aliphatic carbocycles. The van der Waals surface area contributed by atoms with E-state index in [4.69, 9.17) is 0 Å². The molecule has 0 fully saturated rings. The van der Waals surface area contributed by atoms with Crippen LogP contribution in [0.15, 0.2) is 27.6 Å². The fourth-order valence-electron chi connectivity index (χ4n) is 1.39. The van der Waals surface area contributed by atoms with Crippen molar-refractivity contribution in [3.05, 3.63) is 28.5 Å². The molecule has 0 aliphatic heterocycles. The minimum atomic E-state index is -3.63. The van der Waals surface area contributed by atoms with Crippen molar-refractivity contribution >= 4 is 26.0 Å². The van der Waals surface area contributed by atoms with Gasteiger partial charge in [0.05, 0.1) is 9.37 Å². The number of hydrogen-bond acceptors (Lipinski definition) is 2. The van der Waals surface area contributed by atoms with E-state index in [2.05, 4.69) is 20.7 Å². The molecule has 0 spiro atoms. The average Bonchev–Trinajstić information content (AvgIpc) is 2.29. The van der Waals surface area contributed by atoms with Gasteiger partial charge in [0.15, 0.2) is 0 Å². The van der Waals surface area contributed by atoms with E-state index in [0.29, 0.717) is 12.8 Å². The molecule has 0 bridgehead atoms. The fraction of sp³-hybridized carbons (Fsp3) is 0.455. The van der Waals surface area contributed by atoms with Gasteiger partial charge in [0, 0.05) is 6.04 Å². The third-order valence-corrected chi connectivity index (χ3v) is 4.67. The van der Waals surface area contributed by atoms with Crippen LogP contribution in [0.2, 0.25) is 0 Å². The van der Waals surface area contributed by atoms with Gasteiger partial charge in [0.2, 0.25) is 10.0 Å². The van der Waals surface area contributed by atoms with Crippen molar-refractivity contribution < 1.29 is 12.8 Å². The van der Waals surface area contributed by atoms with Crippen molar-refractivity contribution in [2.45, 2.75) is 37.6 Å². The number of benzene rings is 1. The van der Waals surface area contributed by atoms with E-state index in [1.165, 1.54) is 12.1 Å². The Balaban J connectivity index is 3.01. The van der Waals surface area contributed by atoms with E-state index < -0.39 is 15.8 Å². The van der Waals surface area contributed by atoms with E-state index in [0.717, 1.165) is 6.07 Å². The van der Waals surface area contributed by atoms with E-state index in [1.807, 2.05) is 13.8 Å². The molecule has 1 N–H and O–H groups in total. The van der Waals surface area contributed by atoms with Crippen molar-refractivity contribution in [3.63, 3.8) is 0 Å². The van der Waals surface area contributed by atoms with Crippen LogP contribution < -0.4 is 4.72 Å². The maximum absolute atomic E-state index is 13.3. The second-order valence-electron chi connectivity index (χ2n) is 3.71. The summed E-state index contributed by atoms with van der Waals surface area (Å²) in [6, 6.07) is 3.65. The van der Waals surface area contributed by atoms with Crippen molar-refractivity contribution in [1.82, 2.24) is 4.72 Å². The third-order valence-electron chi connectivity index (χ3n) is 2.51. The van der Waals surface area contributed by atoms with Gasteiger partial charge in [-0.05, 0) is 47.0 Å². The smallest absolute Gasteiger partial charge is 0.208 e. The first-order valence-electron chi connectivity index (χ1n) is 5.38. The Labute approximate surface area is 110 Å². The zero-order valence-corrected chi connectivity index (χ0v) is 12.1. The summed E-state index contributed by atoms with van der Waals surface area (Å²) < 4.78 is 39.9. The minimum Gasteiger partial charge on any atom is -0.208 e. The minimum absolute atomic E-state index is 0.0508. The van der Waals surface area contributed by atoms with Gasteiger partial charge in [-0.15, -0.1) is 0 Å². The molecule has 1 aromatic rings. The molecular formula is C11H15BrFNO2S. The van der Waals surface area contributed by atoms with Gasteiger partial charge in [0.25, 0.3) is 0 Å². The van der Waals surface area contributed by atoms with E-state index in [9.17, 15) is 12.8 Å².